The van der Waals surface area contributed by atoms with Crippen LogP contribution in [0.2, 0.25) is 5.02 Å². The minimum Gasteiger partial charge on any atom is -0.355 e. The van der Waals surface area contributed by atoms with Gasteiger partial charge in [0.1, 0.15) is 17.5 Å². The Morgan fingerprint density at radius 1 is 1.09 bits per heavy atom. The quantitative estimate of drug-likeness (QED) is 0.628. The summed E-state index contributed by atoms with van der Waals surface area (Å²) in [5.74, 6) is -1.76. The first-order valence-electron chi connectivity index (χ1n) is 10.2. The number of carbonyl (C=O) groups excluding carboxylic acids is 3. The first-order chi connectivity index (χ1) is 15.2. The van der Waals surface area contributed by atoms with E-state index in [-0.39, 0.29) is 22.9 Å². The molecule has 0 saturated carbocycles. The number of likely N-dealkylation sites (N-methyl/N-ethyl adjacent to an activating group) is 1. The Bertz CT molecular complexity index is 1130. The van der Waals surface area contributed by atoms with E-state index in [9.17, 15) is 22.8 Å². The Balaban J connectivity index is 1.92. The van der Waals surface area contributed by atoms with Crippen LogP contribution in [0.3, 0.4) is 0 Å². The van der Waals surface area contributed by atoms with Gasteiger partial charge in [0.25, 0.3) is 15.9 Å². The SMILES string of the molecule is CCNC(=O)[C@@H](CC)N(Cc1ccc(Cl)cc1)C(=O)CN1C(=O)c2ccccc2S1(=O)=O. The first kappa shape index (κ1) is 23.7. The lowest BCUT2D eigenvalue weighted by molar-refractivity contribution is -0.141. The number of nitrogens with one attached hydrogen (secondary N) is 1. The van der Waals surface area contributed by atoms with Crippen molar-refractivity contribution in [3.8, 4) is 0 Å². The zero-order chi connectivity index (χ0) is 23.5. The van der Waals surface area contributed by atoms with Crippen LogP contribution in [0, 0.1) is 0 Å². The van der Waals surface area contributed by atoms with Crippen molar-refractivity contribution in [1.29, 1.82) is 0 Å². The fourth-order valence-electron chi connectivity index (χ4n) is 3.60. The third-order valence-corrected chi connectivity index (χ3v) is 7.23. The predicted molar refractivity (Wildman–Crippen MR) is 119 cm³/mol. The Kier molecular flexibility index (Phi) is 7.20. The minimum atomic E-state index is -4.15. The summed E-state index contributed by atoms with van der Waals surface area (Å²) in [4.78, 5) is 39.9. The molecule has 0 aliphatic carbocycles. The van der Waals surface area contributed by atoms with E-state index in [1.165, 1.54) is 23.1 Å². The van der Waals surface area contributed by atoms with E-state index < -0.39 is 34.4 Å². The molecule has 10 heteroatoms. The van der Waals surface area contributed by atoms with Gasteiger partial charge in [-0.15, -0.1) is 0 Å². The molecule has 170 valence electrons. The Morgan fingerprint density at radius 3 is 2.34 bits per heavy atom. The summed E-state index contributed by atoms with van der Waals surface area (Å²) in [7, 11) is -4.15. The third kappa shape index (κ3) is 4.63. The van der Waals surface area contributed by atoms with E-state index in [2.05, 4.69) is 5.32 Å². The van der Waals surface area contributed by atoms with Crippen molar-refractivity contribution in [2.24, 2.45) is 0 Å². The Hall–Kier alpha value is -2.91. The number of fused-ring (bicyclic) bond motifs is 1. The van der Waals surface area contributed by atoms with Crippen LogP contribution in [0.5, 0.6) is 0 Å². The Morgan fingerprint density at radius 2 is 1.75 bits per heavy atom. The lowest BCUT2D eigenvalue weighted by Crippen LogP contribution is -2.52. The number of rotatable bonds is 8. The van der Waals surface area contributed by atoms with Gasteiger partial charge in [-0.05, 0) is 43.2 Å². The van der Waals surface area contributed by atoms with Crippen LogP contribution < -0.4 is 5.32 Å². The molecule has 0 spiro atoms. The molecular formula is C22H24ClN3O5S. The molecule has 3 rings (SSSR count). The molecule has 1 aliphatic heterocycles. The maximum atomic E-state index is 13.3. The van der Waals surface area contributed by atoms with Crippen LogP contribution in [0.4, 0.5) is 0 Å². The van der Waals surface area contributed by atoms with Gasteiger partial charge in [0.2, 0.25) is 11.8 Å². The zero-order valence-corrected chi connectivity index (χ0v) is 19.3. The van der Waals surface area contributed by atoms with Crippen molar-refractivity contribution >= 4 is 39.3 Å². The zero-order valence-electron chi connectivity index (χ0n) is 17.7. The molecule has 2 aromatic carbocycles. The predicted octanol–water partition coefficient (Wildman–Crippen LogP) is 2.43. The summed E-state index contributed by atoms with van der Waals surface area (Å²) >= 11 is 5.94. The van der Waals surface area contributed by atoms with Crippen LogP contribution in [0.1, 0.15) is 36.2 Å². The van der Waals surface area contributed by atoms with Gasteiger partial charge in [-0.3, -0.25) is 14.4 Å². The second kappa shape index (κ2) is 9.70. The van der Waals surface area contributed by atoms with Crippen LogP contribution in [0.15, 0.2) is 53.4 Å². The van der Waals surface area contributed by atoms with Gasteiger partial charge in [-0.25, -0.2) is 12.7 Å². The summed E-state index contributed by atoms with van der Waals surface area (Å²) < 4.78 is 26.3. The molecular weight excluding hydrogens is 454 g/mol. The van der Waals surface area contributed by atoms with Crippen LogP contribution >= 0.6 is 11.6 Å². The molecule has 8 nitrogen and oxygen atoms in total. The highest BCUT2D eigenvalue weighted by Gasteiger charge is 2.43. The first-order valence-corrected chi connectivity index (χ1v) is 12.0. The highest BCUT2D eigenvalue weighted by molar-refractivity contribution is 7.90. The monoisotopic (exact) mass is 477 g/mol. The average molecular weight is 478 g/mol. The third-order valence-electron chi connectivity index (χ3n) is 5.19. The molecule has 1 aliphatic rings. The number of sulfonamides is 1. The van der Waals surface area contributed by atoms with Crippen LogP contribution in [-0.4, -0.2) is 54.5 Å². The molecule has 1 atom stereocenters. The van der Waals surface area contributed by atoms with Crippen molar-refractivity contribution in [3.63, 3.8) is 0 Å². The second-order valence-corrected chi connectivity index (χ2v) is 9.55. The molecule has 0 saturated heterocycles. The van der Waals surface area contributed by atoms with Crippen molar-refractivity contribution in [2.45, 2.75) is 37.8 Å². The molecule has 0 fully saturated rings. The molecule has 0 radical (unpaired) electrons. The maximum Gasteiger partial charge on any atom is 0.269 e. The molecule has 32 heavy (non-hydrogen) atoms. The summed E-state index contributed by atoms with van der Waals surface area (Å²) in [5, 5.41) is 3.23. The number of hydrogen-bond acceptors (Lipinski definition) is 5. The molecule has 0 aromatic heterocycles. The number of hydrogen-bond donors (Lipinski definition) is 1. The number of nitrogens with zero attached hydrogens (tertiary/aromatic N) is 2. The van der Waals surface area contributed by atoms with Gasteiger partial charge in [0.15, 0.2) is 0 Å². The molecule has 3 amide bonds. The van der Waals surface area contributed by atoms with Crippen molar-refractivity contribution in [1.82, 2.24) is 14.5 Å². The molecule has 0 unspecified atom stereocenters. The summed E-state index contributed by atoms with van der Waals surface area (Å²) in [5.41, 5.74) is 0.740. The van der Waals surface area contributed by atoms with Gasteiger partial charge < -0.3 is 10.2 Å². The van der Waals surface area contributed by atoms with E-state index in [4.69, 9.17) is 11.6 Å². The molecule has 1 heterocycles. The van der Waals surface area contributed by atoms with E-state index in [1.54, 1.807) is 44.2 Å². The highest BCUT2D eigenvalue weighted by Crippen LogP contribution is 2.30. The van der Waals surface area contributed by atoms with Gasteiger partial charge in [-0.1, -0.05) is 42.8 Å². The fourth-order valence-corrected chi connectivity index (χ4v) is 5.24. The van der Waals surface area contributed by atoms with E-state index >= 15 is 0 Å². The second-order valence-electron chi connectivity index (χ2n) is 7.28. The maximum absolute atomic E-state index is 13.3. The standard InChI is InChI=1S/C22H24ClN3O5S/c1-3-18(21(28)24-4-2)25(13-15-9-11-16(23)12-10-15)20(27)14-26-22(29)17-7-5-6-8-19(17)32(26,30)31/h5-12,18H,3-4,13-14H2,1-2H3,(H,24,28)/t18-/m1/s1. The summed E-state index contributed by atoms with van der Waals surface area (Å²) in [6, 6.07) is 11.8. The highest BCUT2D eigenvalue weighted by atomic mass is 35.5. The number of halogens is 1. The average Bonchev–Trinajstić information content (AvgIpc) is 2.96. The molecule has 2 aromatic rings. The van der Waals surface area contributed by atoms with E-state index in [1.807, 2.05) is 0 Å². The van der Waals surface area contributed by atoms with Gasteiger partial charge >= 0.3 is 0 Å². The number of amides is 3. The van der Waals surface area contributed by atoms with Crippen LogP contribution in [-0.2, 0) is 26.2 Å². The lowest BCUT2D eigenvalue weighted by Gasteiger charge is -2.31. The molecule has 0 bridgehead atoms. The lowest BCUT2D eigenvalue weighted by atomic mass is 10.1. The van der Waals surface area contributed by atoms with Gasteiger partial charge in [0, 0.05) is 18.1 Å². The fraction of sp³-hybridized carbons (Fsp3) is 0.318. The van der Waals surface area contributed by atoms with E-state index in [0.29, 0.717) is 27.9 Å². The largest absolute Gasteiger partial charge is 0.355 e. The Labute approximate surface area is 192 Å². The van der Waals surface area contributed by atoms with Crippen LogP contribution in [0.25, 0.3) is 0 Å². The normalized spacial score (nSPS) is 15.2. The van der Waals surface area contributed by atoms with Gasteiger partial charge in [0.05, 0.1) is 5.56 Å². The molecule has 1 N–H and O–H groups in total. The topological polar surface area (TPSA) is 104 Å². The van der Waals surface area contributed by atoms with Crippen molar-refractivity contribution in [3.05, 3.63) is 64.7 Å². The van der Waals surface area contributed by atoms with Gasteiger partial charge in [-0.2, -0.15) is 0 Å². The summed E-state index contributed by atoms with van der Waals surface area (Å²) in [6.45, 7) is 3.27. The number of carbonyl (C=O) groups is 3. The van der Waals surface area contributed by atoms with Crippen molar-refractivity contribution < 1.29 is 22.8 Å². The van der Waals surface area contributed by atoms with E-state index in [0.717, 1.165) is 0 Å². The van der Waals surface area contributed by atoms with Crippen molar-refractivity contribution in [2.75, 3.05) is 13.1 Å². The summed E-state index contributed by atoms with van der Waals surface area (Å²) in [6.07, 6.45) is 0.312. The minimum absolute atomic E-state index is 0.0281. The smallest absolute Gasteiger partial charge is 0.269 e. The number of benzene rings is 2.